The largest absolute Gasteiger partial charge is 0.462 e. The van der Waals surface area contributed by atoms with Gasteiger partial charge in [-0.1, -0.05) is 316 Å². The third-order valence-electron chi connectivity index (χ3n) is 14.6. The molecule has 0 spiro atoms. The molecule has 1 unspecified atom stereocenters. The van der Waals surface area contributed by atoms with Crippen LogP contribution in [0.4, 0.5) is 0 Å². The SMILES string of the molecule is CC/C=C\C/C=C\C/C=C\C/C=C\C/C=C\C/C=C\CCCCCCCCCCCCCCC(=O)OC(CO)COC(=O)CCCCCCCCCCCCCCCCCCCC/C=C\C/C=C\C/C=C\CCCCCCC. The average molecular weight is 1080 g/mol. The third-order valence-corrected chi connectivity index (χ3v) is 14.6. The van der Waals surface area contributed by atoms with Crippen molar-refractivity contribution in [3.05, 3.63) is 109 Å². The van der Waals surface area contributed by atoms with Crippen LogP contribution in [-0.4, -0.2) is 36.4 Å². The predicted molar refractivity (Wildman–Crippen MR) is 343 cm³/mol. The van der Waals surface area contributed by atoms with Gasteiger partial charge in [0.1, 0.15) is 6.61 Å². The van der Waals surface area contributed by atoms with E-state index in [0.29, 0.717) is 12.8 Å². The quantitative estimate of drug-likeness (QED) is 0.0373. The lowest BCUT2D eigenvalue weighted by Crippen LogP contribution is -2.28. The first-order valence-electron chi connectivity index (χ1n) is 33.4. The van der Waals surface area contributed by atoms with Gasteiger partial charge in [0.25, 0.3) is 0 Å². The van der Waals surface area contributed by atoms with E-state index in [2.05, 4.69) is 123 Å². The van der Waals surface area contributed by atoms with Gasteiger partial charge in [-0.25, -0.2) is 0 Å². The molecule has 0 radical (unpaired) electrons. The first kappa shape index (κ1) is 74.6. The molecule has 0 aromatic heterocycles. The molecule has 448 valence electrons. The van der Waals surface area contributed by atoms with Crippen molar-refractivity contribution >= 4 is 11.9 Å². The molecular formula is C73H126O5. The van der Waals surface area contributed by atoms with Gasteiger partial charge in [0.15, 0.2) is 6.10 Å². The normalized spacial score (nSPS) is 12.9. The lowest BCUT2D eigenvalue weighted by Gasteiger charge is -2.15. The van der Waals surface area contributed by atoms with E-state index >= 15 is 0 Å². The Hall–Kier alpha value is -3.44. The number of rotatable bonds is 61. The third kappa shape index (κ3) is 65.1. The van der Waals surface area contributed by atoms with E-state index in [0.717, 1.165) is 89.9 Å². The van der Waals surface area contributed by atoms with E-state index in [1.807, 2.05) is 0 Å². The number of esters is 2. The summed E-state index contributed by atoms with van der Waals surface area (Å²) in [5.74, 6) is -0.585. The minimum atomic E-state index is -0.780. The molecule has 5 heteroatoms. The number of hydrogen-bond acceptors (Lipinski definition) is 5. The van der Waals surface area contributed by atoms with Crippen molar-refractivity contribution in [1.29, 1.82) is 0 Å². The summed E-state index contributed by atoms with van der Waals surface area (Å²) in [6.07, 6.45) is 98.1. The minimum absolute atomic E-state index is 0.0685. The van der Waals surface area contributed by atoms with Crippen LogP contribution in [0, 0.1) is 0 Å². The monoisotopic (exact) mass is 1080 g/mol. The Morgan fingerprint density at radius 2 is 0.551 bits per heavy atom. The van der Waals surface area contributed by atoms with Gasteiger partial charge >= 0.3 is 11.9 Å². The molecule has 0 aromatic rings. The molecule has 0 bridgehead atoms. The van der Waals surface area contributed by atoms with Gasteiger partial charge in [-0.3, -0.25) is 9.59 Å². The fourth-order valence-electron chi connectivity index (χ4n) is 9.57. The molecule has 0 saturated carbocycles. The summed E-state index contributed by atoms with van der Waals surface area (Å²) in [6.45, 7) is 4.04. The number of carbonyl (C=O) groups excluding carboxylic acids is 2. The fourth-order valence-corrected chi connectivity index (χ4v) is 9.57. The second kappa shape index (κ2) is 67.8. The van der Waals surface area contributed by atoms with Crippen molar-refractivity contribution in [2.24, 2.45) is 0 Å². The maximum Gasteiger partial charge on any atom is 0.306 e. The Morgan fingerprint density at radius 1 is 0.308 bits per heavy atom. The number of aliphatic hydroxyl groups excluding tert-OH is 1. The van der Waals surface area contributed by atoms with Crippen LogP contribution in [0.25, 0.3) is 0 Å². The first-order chi connectivity index (χ1) is 38.6. The highest BCUT2D eigenvalue weighted by molar-refractivity contribution is 5.70. The van der Waals surface area contributed by atoms with Crippen LogP contribution in [-0.2, 0) is 19.1 Å². The minimum Gasteiger partial charge on any atom is -0.462 e. The van der Waals surface area contributed by atoms with Gasteiger partial charge in [0.2, 0.25) is 0 Å². The second-order valence-electron chi connectivity index (χ2n) is 22.2. The molecule has 0 aromatic carbocycles. The van der Waals surface area contributed by atoms with Crippen LogP contribution in [0.5, 0.6) is 0 Å². The standard InChI is InChI=1S/C73H126O5/c1-3-5-7-9-11-13-15-17-19-21-23-25-27-29-31-33-35-36-38-39-41-43-45-47-49-51-53-55-57-59-61-63-65-67-72(75)77-70-71(69-74)78-73(76)68-66-64-62-60-58-56-54-52-50-48-46-44-42-40-37-34-32-30-28-26-24-22-20-18-16-14-12-10-8-6-4-2/h6,8,12,14-15,17-18,20-21,23-24,26-27,29-30,32,37,40,71,74H,3-5,7,9-11,13,16,19,22,25,28,31,33-36,38-39,41-70H2,1-2H3/b8-6-,14-12-,17-15-,20-18-,23-21-,26-24-,29-27-,32-30-,40-37-. The van der Waals surface area contributed by atoms with Crippen LogP contribution in [0.2, 0.25) is 0 Å². The van der Waals surface area contributed by atoms with Crippen molar-refractivity contribution in [3.8, 4) is 0 Å². The molecule has 0 aliphatic rings. The van der Waals surface area contributed by atoms with Gasteiger partial charge in [-0.05, 0) is 103 Å². The van der Waals surface area contributed by atoms with Crippen molar-refractivity contribution in [1.82, 2.24) is 0 Å². The van der Waals surface area contributed by atoms with Crippen LogP contribution in [0.1, 0.15) is 322 Å². The molecule has 0 saturated heterocycles. The molecule has 1 atom stereocenters. The molecule has 0 amide bonds. The number of aliphatic hydroxyl groups is 1. The van der Waals surface area contributed by atoms with Gasteiger partial charge in [-0.15, -0.1) is 0 Å². The number of allylic oxidation sites excluding steroid dienone is 18. The average Bonchev–Trinajstić information content (AvgIpc) is 3.44. The highest BCUT2D eigenvalue weighted by Gasteiger charge is 2.16. The van der Waals surface area contributed by atoms with E-state index in [1.54, 1.807) is 0 Å². The Kier molecular flexibility index (Phi) is 64.8. The zero-order valence-electron chi connectivity index (χ0n) is 51.4. The van der Waals surface area contributed by atoms with Crippen LogP contribution >= 0.6 is 0 Å². The van der Waals surface area contributed by atoms with Gasteiger partial charge < -0.3 is 14.6 Å². The zero-order chi connectivity index (χ0) is 56.2. The summed E-state index contributed by atoms with van der Waals surface area (Å²) < 4.78 is 10.8. The molecule has 78 heavy (non-hydrogen) atoms. The van der Waals surface area contributed by atoms with Crippen molar-refractivity contribution < 1.29 is 24.2 Å². The van der Waals surface area contributed by atoms with E-state index in [4.69, 9.17) is 9.47 Å². The maximum atomic E-state index is 12.4. The van der Waals surface area contributed by atoms with E-state index in [-0.39, 0.29) is 25.2 Å². The van der Waals surface area contributed by atoms with E-state index in [1.165, 1.54) is 205 Å². The second-order valence-corrected chi connectivity index (χ2v) is 22.2. The summed E-state index contributed by atoms with van der Waals surface area (Å²) in [5, 5.41) is 9.70. The van der Waals surface area contributed by atoms with Crippen molar-refractivity contribution in [2.45, 2.75) is 328 Å². The van der Waals surface area contributed by atoms with Crippen LogP contribution < -0.4 is 0 Å². The Balaban J connectivity index is 3.47. The van der Waals surface area contributed by atoms with Crippen LogP contribution in [0.3, 0.4) is 0 Å². The van der Waals surface area contributed by atoms with Crippen LogP contribution in [0.15, 0.2) is 109 Å². The highest BCUT2D eigenvalue weighted by atomic mass is 16.6. The van der Waals surface area contributed by atoms with Crippen molar-refractivity contribution in [3.63, 3.8) is 0 Å². The lowest BCUT2D eigenvalue weighted by atomic mass is 10.0. The van der Waals surface area contributed by atoms with Gasteiger partial charge in [0, 0.05) is 12.8 Å². The predicted octanol–water partition coefficient (Wildman–Crippen LogP) is 23.2. The van der Waals surface area contributed by atoms with Crippen molar-refractivity contribution in [2.75, 3.05) is 13.2 Å². The number of carbonyl (C=O) groups is 2. The smallest absolute Gasteiger partial charge is 0.306 e. The lowest BCUT2D eigenvalue weighted by molar-refractivity contribution is -0.161. The van der Waals surface area contributed by atoms with Gasteiger partial charge in [0.05, 0.1) is 6.61 Å². The molecule has 0 aliphatic heterocycles. The van der Waals surface area contributed by atoms with Gasteiger partial charge in [-0.2, -0.15) is 0 Å². The number of unbranched alkanes of at least 4 members (excludes halogenated alkanes) is 35. The summed E-state index contributed by atoms with van der Waals surface area (Å²) in [4.78, 5) is 24.6. The molecular weight excluding hydrogens is 957 g/mol. The Morgan fingerprint density at radius 3 is 0.833 bits per heavy atom. The summed E-state index contributed by atoms with van der Waals surface area (Å²) in [7, 11) is 0. The highest BCUT2D eigenvalue weighted by Crippen LogP contribution is 2.17. The van der Waals surface area contributed by atoms with E-state index < -0.39 is 6.10 Å². The first-order valence-corrected chi connectivity index (χ1v) is 33.4. The molecule has 0 heterocycles. The zero-order valence-corrected chi connectivity index (χ0v) is 51.4. The Labute approximate surface area is 484 Å². The maximum absolute atomic E-state index is 12.4. The summed E-state index contributed by atoms with van der Waals surface area (Å²) >= 11 is 0. The Bertz CT molecular complexity index is 1510. The summed E-state index contributed by atoms with van der Waals surface area (Å²) in [5.41, 5.74) is 0. The number of hydrogen-bond donors (Lipinski definition) is 1. The summed E-state index contributed by atoms with van der Waals surface area (Å²) in [6, 6.07) is 0. The molecule has 0 fully saturated rings. The molecule has 0 rings (SSSR count). The molecule has 1 N–H and O–H groups in total. The number of ether oxygens (including phenoxy) is 2. The topological polar surface area (TPSA) is 72.8 Å². The fraction of sp³-hybridized carbons (Fsp3) is 0.726. The van der Waals surface area contributed by atoms with E-state index in [9.17, 15) is 14.7 Å². The molecule has 5 nitrogen and oxygen atoms in total. The molecule has 0 aliphatic carbocycles.